The van der Waals surface area contributed by atoms with Gasteiger partial charge in [0.15, 0.2) is 11.5 Å². The Morgan fingerprint density at radius 1 is 1.11 bits per heavy atom. The molecule has 0 saturated carbocycles. The van der Waals surface area contributed by atoms with Crippen LogP contribution in [0, 0.1) is 12.7 Å². The molecule has 0 aliphatic rings. The summed E-state index contributed by atoms with van der Waals surface area (Å²) < 4.78 is 17.5. The van der Waals surface area contributed by atoms with Crippen LogP contribution in [0.25, 0.3) is 17.0 Å². The van der Waals surface area contributed by atoms with Crippen molar-refractivity contribution in [2.45, 2.75) is 40.2 Å². The quantitative estimate of drug-likeness (QED) is 0.543. The lowest BCUT2D eigenvalue weighted by Crippen LogP contribution is -2.09. The predicted molar refractivity (Wildman–Crippen MR) is 101 cm³/mol. The van der Waals surface area contributed by atoms with E-state index in [1.807, 2.05) is 24.6 Å². The highest BCUT2D eigenvalue weighted by atomic mass is 19.1. The Balaban J connectivity index is 1.78. The molecule has 0 aliphatic heterocycles. The molecule has 0 spiro atoms. The van der Waals surface area contributed by atoms with E-state index in [1.54, 1.807) is 23.1 Å². The summed E-state index contributed by atoms with van der Waals surface area (Å²) in [7, 11) is 0. The van der Waals surface area contributed by atoms with Gasteiger partial charge in [0, 0.05) is 29.9 Å². The standard InChI is InChI=1S/C20H21FN6/c1-4-15-17(23-12-27-20(15)24-18(5-2)25-27)11-26-9-8-22-19(26)16-10-14(21)7-6-13(16)3/h6-10,12H,4-5,11H2,1-3H3. The molecule has 4 aromatic rings. The van der Waals surface area contributed by atoms with Gasteiger partial charge in [0.25, 0.3) is 0 Å². The third-order valence-corrected chi connectivity index (χ3v) is 4.76. The Bertz CT molecular complexity index is 1110. The highest BCUT2D eigenvalue weighted by Crippen LogP contribution is 2.24. The van der Waals surface area contributed by atoms with E-state index < -0.39 is 0 Å². The van der Waals surface area contributed by atoms with Gasteiger partial charge in [-0.3, -0.25) is 0 Å². The van der Waals surface area contributed by atoms with Crippen molar-refractivity contribution in [2.75, 3.05) is 0 Å². The average molecular weight is 364 g/mol. The van der Waals surface area contributed by atoms with Gasteiger partial charge in [0.05, 0.1) is 12.2 Å². The maximum absolute atomic E-state index is 13.8. The van der Waals surface area contributed by atoms with Crippen LogP contribution in [0.3, 0.4) is 0 Å². The first-order valence-corrected chi connectivity index (χ1v) is 9.10. The Morgan fingerprint density at radius 3 is 2.74 bits per heavy atom. The minimum atomic E-state index is -0.269. The van der Waals surface area contributed by atoms with Crippen LogP contribution in [-0.2, 0) is 19.4 Å². The second-order valence-corrected chi connectivity index (χ2v) is 6.51. The number of aromatic nitrogens is 6. The molecule has 0 aliphatic carbocycles. The molecule has 0 bridgehead atoms. The molecule has 138 valence electrons. The Morgan fingerprint density at radius 2 is 1.96 bits per heavy atom. The van der Waals surface area contributed by atoms with Gasteiger partial charge >= 0.3 is 0 Å². The topological polar surface area (TPSA) is 60.9 Å². The first-order valence-electron chi connectivity index (χ1n) is 9.10. The number of nitrogens with zero attached hydrogens (tertiary/aromatic N) is 6. The predicted octanol–water partition coefficient (Wildman–Crippen LogP) is 3.61. The minimum Gasteiger partial charge on any atom is -0.325 e. The first kappa shape index (κ1) is 17.3. The summed E-state index contributed by atoms with van der Waals surface area (Å²) in [5, 5.41) is 4.45. The van der Waals surface area contributed by atoms with Crippen molar-refractivity contribution in [3.8, 4) is 11.4 Å². The lowest BCUT2D eigenvalue weighted by molar-refractivity contribution is 0.627. The van der Waals surface area contributed by atoms with Crippen LogP contribution in [-0.4, -0.2) is 29.1 Å². The van der Waals surface area contributed by atoms with E-state index in [0.29, 0.717) is 6.54 Å². The van der Waals surface area contributed by atoms with Crippen LogP contribution in [0.1, 0.15) is 36.5 Å². The summed E-state index contributed by atoms with van der Waals surface area (Å²) in [4.78, 5) is 13.7. The van der Waals surface area contributed by atoms with Gasteiger partial charge < -0.3 is 4.57 Å². The highest BCUT2D eigenvalue weighted by molar-refractivity contribution is 5.60. The number of hydrogen-bond acceptors (Lipinski definition) is 4. The number of hydrogen-bond donors (Lipinski definition) is 0. The van der Waals surface area contributed by atoms with Crippen LogP contribution in [0.5, 0.6) is 0 Å². The molecule has 4 rings (SSSR count). The molecular weight excluding hydrogens is 343 g/mol. The van der Waals surface area contributed by atoms with Crippen molar-refractivity contribution in [2.24, 2.45) is 0 Å². The van der Waals surface area contributed by atoms with E-state index in [9.17, 15) is 4.39 Å². The summed E-state index contributed by atoms with van der Waals surface area (Å²) in [5.41, 5.74) is 4.61. The number of halogens is 1. The molecule has 3 heterocycles. The van der Waals surface area contributed by atoms with Crippen molar-refractivity contribution in [1.29, 1.82) is 0 Å². The summed E-state index contributed by atoms with van der Waals surface area (Å²) >= 11 is 0. The number of imidazole rings is 1. The molecular formula is C20H21FN6. The molecule has 0 radical (unpaired) electrons. The summed E-state index contributed by atoms with van der Waals surface area (Å²) in [6.45, 7) is 6.62. The van der Waals surface area contributed by atoms with Gasteiger partial charge in [-0.1, -0.05) is 19.9 Å². The maximum atomic E-state index is 13.8. The number of benzene rings is 1. The molecule has 0 atom stereocenters. The Labute approximate surface area is 156 Å². The lowest BCUT2D eigenvalue weighted by atomic mass is 10.1. The van der Waals surface area contributed by atoms with Crippen molar-refractivity contribution in [3.63, 3.8) is 0 Å². The van der Waals surface area contributed by atoms with Crippen LogP contribution in [0.15, 0.2) is 36.9 Å². The molecule has 0 unspecified atom stereocenters. The van der Waals surface area contributed by atoms with E-state index >= 15 is 0 Å². The van der Waals surface area contributed by atoms with Gasteiger partial charge in [-0.25, -0.2) is 23.9 Å². The van der Waals surface area contributed by atoms with E-state index in [0.717, 1.165) is 52.5 Å². The zero-order valence-corrected chi connectivity index (χ0v) is 15.6. The Kier molecular flexibility index (Phi) is 4.43. The molecule has 0 fully saturated rings. The van der Waals surface area contributed by atoms with Crippen molar-refractivity contribution in [1.82, 2.24) is 29.1 Å². The normalized spacial score (nSPS) is 11.4. The number of rotatable bonds is 5. The van der Waals surface area contributed by atoms with Crippen LogP contribution >= 0.6 is 0 Å². The highest BCUT2D eigenvalue weighted by Gasteiger charge is 2.15. The zero-order chi connectivity index (χ0) is 19.0. The SMILES string of the molecule is CCc1nc2c(CC)c(Cn3ccnc3-c3cc(F)ccc3C)ncn2n1. The smallest absolute Gasteiger partial charge is 0.162 e. The van der Waals surface area contributed by atoms with Crippen LogP contribution in [0.4, 0.5) is 4.39 Å². The van der Waals surface area contributed by atoms with Gasteiger partial charge in [-0.05, 0) is 31.0 Å². The average Bonchev–Trinajstić information content (AvgIpc) is 3.30. The first-order chi connectivity index (χ1) is 13.1. The fourth-order valence-corrected chi connectivity index (χ4v) is 3.31. The third kappa shape index (κ3) is 3.09. The molecule has 7 heteroatoms. The number of fused-ring (bicyclic) bond motifs is 1. The van der Waals surface area contributed by atoms with Gasteiger partial charge in [-0.15, -0.1) is 5.10 Å². The monoisotopic (exact) mass is 364 g/mol. The largest absolute Gasteiger partial charge is 0.325 e. The van der Waals surface area contributed by atoms with E-state index in [2.05, 4.69) is 27.0 Å². The van der Waals surface area contributed by atoms with Crippen LogP contribution < -0.4 is 0 Å². The number of aryl methyl sites for hydroxylation is 3. The lowest BCUT2D eigenvalue weighted by Gasteiger charge is -2.12. The van der Waals surface area contributed by atoms with Gasteiger partial charge in [-0.2, -0.15) is 0 Å². The molecule has 0 amide bonds. The molecule has 0 N–H and O–H groups in total. The van der Waals surface area contributed by atoms with Crippen LogP contribution in [0.2, 0.25) is 0 Å². The summed E-state index contributed by atoms with van der Waals surface area (Å²) in [5.74, 6) is 1.27. The zero-order valence-electron chi connectivity index (χ0n) is 15.6. The van der Waals surface area contributed by atoms with Gasteiger partial charge in [0.1, 0.15) is 18.0 Å². The van der Waals surface area contributed by atoms with Gasteiger partial charge in [0.2, 0.25) is 0 Å². The molecule has 27 heavy (non-hydrogen) atoms. The second kappa shape index (κ2) is 6.90. The fraction of sp³-hybridized carbons (Fsp3) is 0.300. The van der Waals surface area contributed by atoms with E-state index in [1.165, 1.54) is 12.1 Å². The van der Waals surface area contributed by atoms with E-state index in [-0.39, 0.29) is 5.82 Å². The Hall–Kier alpha value is -3.09. The minimum absolute atomic E-state index is 0.269. The molecule has 0 saturated heterocycles. The second-order valence-electron chi connectivity index (χ2n) is 6.51. The van der Waals surface area contributed by atoms with Crippen molar-refractivity contribution in [3.05, 3.63) is 65.4 Å². The van der Waals surface area contributed by atoms with Crippen molar-refractivity contribution >= 4 is 5.65 Å². The molecule has 1 aromatic carbocycles. The maximum Gasteiger partial charge on any atom is 0.162 e. The van der Waals surface area contributed by atoms with E-state index in [4.69, 9.17) is 0 Å². The van der Waals surface area contributed by atoms with Crippen molar-refractivity contribution < 1.29 is 4.39 Å². The summed E-state index contributed by atoms with van der Waals surface area (Å²) in [6.07, 6.45) is 6.92. The molecule has 3 aromatic heterocycles. The fourth-order valence-electron chi connectivity index (χ4n) is 3.31. The molecule has 6 nitrogen and oxygen atoms in total. The summed E-state index contributed by atoms with van der Waals surface area (Å²) in [6, 6.07) is 4.76. The third-order valence-electron chi connectivity index (χ3n) is 4.76.